The van der Waals surface area contributed by atoms with Gasteiger partial charge in [-0.2, -0.15) is 0 Å². The highest BCUT2D eigenvalue weighted by atomic mass is 79.9. The number of hydrogen-bond donors (Lipinski definition) is 0. The molecule has 0 aliphatic carbocycles. The van der Waals surface area contributed by atoms with Crippen LogP contribution in [-0.4, -0.2) is 51.7 Å². The van der Waals surface area contributed by atoms with Crippen LogP contribution in [0.25, 0.3) is 10.9 Å². The van der Waals surface area contributed by atoms with E-state index in [-0.39, 0.29) is 18.2 Å². The van der Waals surface area contributed by atoms with Gasteiger partial charge in [0.25, 0.3) is 0 Å². The first-order chi connectivity index (χ1) is 13.7. The van der Waals surface area contributed by atoms with E-state index in [2.05, 4.69) is 30.8 Å². The minimum atomic E-state index is -0.494. The zero-order valence-electron chi connectivity index (χ0n) is 16.5. The molecule has 2 saturated heterocycles. The molecule has 2 aromatic rings. The van der Waals surface area contributed by atoms with Crippen molar-refractivity contribution >= 4 is 50.3 Å². The van der Waals surface area contributed by atoms with E-state index in [4.69, 9.17) is 21.1 Å². The molecule has 7 nitrogen and oxygen atoms in total. The topological polar surface area (TPSA) is 67.8 Å². The van der Waals surface area contributed by atoms with Crippen molar-refractivity contribution in [2.75, 3.05) is 18.0 Å². The van der Waals surface area contributed by atoms with E-state index in [1.807, 2.05) is 25.7 Å². The number of aromatic nitrogens is 2. The molecule has 1 aromatic carbocycles. The Bertz CT molecular complexity index is 1030. The SMILES string of the molecule is CC(C)(C)OC(=O)N1CC2CC1CN2c1ncnc2c(Cl)c(Br)c3c(c12)COC3. The highest BCUT2D eigenvalue weighted by Crippen LogP contribution is 2.45. The Hall–Kier alpha value is -1.64. The van der Waals surface area contributed by atoms with E-state index in [0.29, 0.717) is 24.8 Å². The smallest absolute Gasteiger partial charge is 0.410 e. The first-order valence-electron chi connectivity index (χ1n) is 9.72. The monoisotopic (exact) mass is 480 g/mol. The summed E-state index contributed by atoms with van der Waals surface area (Å²) in [5, 5.41) is 1.55. The highest BCUT2D eigenvalue weighted by Gasteiger charge is 2.47. The third-order valence-electron chi connectivity index (χ3n) is 5.79. The van der Waals surface area contributed by atoms with Gasteiger partial charge in [0.05, 0.1) is 41.2 Å². The van der Waals surface area contributed by atoms with Crippen molar-refractivity contribution in [3.63, 3.8) is 0 Å². The predicted octanol–water partition coefficient (Wildman–Crippen LogP) is 4.27. The number of fused-ring (bicyclic) bond motifs is 5. The van der Waals surface area contributed by atoms with Crippen molar-refractivity contribution in [2.45, 2.75) is 58.1 Å². The van der Waals surface area contributed by atoms with Crippen molar-refractivity contribution in [3.05, 3.63) is 26.9 Å². The Labute approximate surface area is 182 Å². The molecule has 29 heavy (non-hydrogen) atoms. The molecule has 9 heteroatoms. The number of benzene rings is 1. The minimum Gasteiger partial charge on any atom is -0.444 e. The number of carbonyl (C=O) groups is 1. The van der Waals surface area contributed by atoms with Gasteiger partial charge < -0.3 is 19.3 Å². The summed E-state index contributed by atoms with van der Waals surface area (Å²) in [6, 6.07) is 0.320. The average molecular weight is 482 g/mol. The third kappa shape index (κ3) is 3.07. The molecule has 4 heterocycles. The number of anilines is 1. The average Bonchev–Trinajstić information content (AvgIpc) is 3.39. The summed E-state index contributed by atoms with van der Waals surface area (Å²) in [5.41, 5.74) is 2.41. The lowest BCUT2D eigenvalue weighted by molar-refractivity contribution is 0.0214. The predicted molar refractivity (Wildman–Crippen MR) is 113 cm³/mol. The van der Waals surface area contributed by atoms with Gasteiger partial charge in [-0.25, -0.2) is 14.8 Å². The normalized spacial score (nSPS) is 23.2. The molecule has 0 radical (unpaired) electrons. The first kappa shape index (κ1) is 19.3. The number of ether oxygens (including phenoxy) is 2. The number of halogens is 2. The van der Waals surface area contributed by atoms with Gasteiger partial charge in [-0.15, -0.1) is 0 Å². The molecule has 2 atom stereocenters. The fraction of sp³-hybridized carbons (Fsp3) is 0.550. The molecule has 3 aliphatic rings. The van der Waals surface area contributed by atoms with E-state index >= 15 is 0 Å². The molecule has 1 aromatic heterocycles. The van der Waals surface area contributed by atoms with Crippen LogP contribution in [0.5, 0.6) is 0 Å². The number of carbonyl (C=O) groups excluding carboxylic acids is 1. The van der Waals surface area contributed by atoms with Crippen molar-refractivity contribution in [3.8, 4) is 0 Å². The fourth-order valence-corrected chi connectivity index (χ4v) is 5.39. The standard InChI is InChI=1S/C20H22BrClN4O3/c1-20(2,3)29-19(27)26-6-10-4-11(26)5-25(10)18-14-12-7-28-8-13(12)15(21)16(22)17(14)23-9-24-18/h9-11H,4-8H2,1-3H3. The maximum absolute atomic E-state index is 12.6. The van der Waals surface area contributed by atoms with Crippen LogP contribution < -0.4 is 4.90 Å². The molecule has 0 saturated carbocycles. The van der Waals surface area contributed by atoms with E-state index < -0.39 is 5.60 Å². The summed E-state index contributed by atoms with van der Waals surface area (Å²) in [4.78, 5) is 25.8. The maximum Gasteiger partial charge on any atom is 0.410 e. The second-order valence-electron chi connectivity index (χ2n) is 8.83. The molecular formula is C20H22BrClN4O3. The van der Waals surface area contributed by atoms with E-state index in [1.165, 1.54) is 0 Å². The Balaban J connectivity index is 1.50. The Morgan fingerprint density at radius 3 is 2.69 bits per heavy atom. The molecule has 0 N–H and O–H groups in total. The summed E-state index contributed by atoms with van der Waals surface area (Å²) in [6.07, 6.45) is 2.24. The van der Waals surface area contributed by atoms with E-state index in [9.17, 15) is 4.79 Å². The van der Waals surface area contributed by atoms with Gasteiger partial charge in [0.2, 0.25) is 0 Å². The van der Waals surface area contributed by atoms with Gasteiger partial charge in [0.1, 0.15) is 17.7 Å². The number of nitrogens with zero attached hydrogens (tertiary/aromatic N) is 4. The molecule has 154 valence electrons. The molecule has 2 unspecified atom stereocenters. The van der Waals surface area contributed by atoms with Crippen molar-refractivity contribution in [1.29, 1.82) is 0 Å². The van der Waals surface area contributed by atoms with Crippen molar-refractivity contribution in [1.82, 2.24) is 14.9 Å². The number of rotatable bonds is 1. The fourth-order valence-electron chi connectivity index (χ4n) is 4.59. The second kappa shape index (κ2) is 6.68. The third-order valence-corrected chi connectivity index (χ3v) is 7.26. The van der Waals surface area contributed by atoms with Crippen LogP contribution in [0.3, 0.4) is 0 Å². The van der Waals surface area contributed by atoms with Crippen LogP contribution in [0.1, 0.15) is 38.3 Å². The summed E-state index contributed by atoms with van der Waals surface area (Å²) < 4.78 is 12.1. The molecule has 0 spiro atoms. The minimum absolute atomic E-state index is 0.120. The van der Waals surface area contributed by atoms with E-state index in [1.54, 1.807) is 6.33 Å². The first-order valence-corrected chi connectivity index (χ1v) is 10.9. The highest BCUT2D eigenvalue weighted by molar-refractivity contribution is 9.10. The van der Waals surface area contributed by atoms with Crippen LogP contribution >= 0.6 is 27.5 Å². The lowest BCUT2D eigenvalue weighted by Crippen LogP contribution is -2.50. The quantitative estimate of drug-likeness (QED) is 0.606. The molecule has 2 fully saturated rings. The largest absolute Gasteiger partial charge is 0.444 e. The summed E-state index contributed by atoms with van der Waals surface area (Å²) in [6.45, 7) is 8.08. The number of amides is 1. The van der Waals surface area contributed by atoms with Gasteiger partial charge in [0.15, 0.2) is 0 Å². The van der Waals surface area contributed by atoms with Crippen molar-refractivity contribution < 1.29 is 14.3 Å². The molecule has 2 bridgehead atoms. The molecule has 1 amide bonds. The summed E-state index contributed by atoms with van der Waals surface area (Å²) in [7, 11) is 0. The lowest BCUT2D eigenvalue weighted by Gasteiger charge is -2.36. The van der Waals surface area contributed by atoms with Gasteiger partial charge in [-0.05, 0) is 54.2 Å². The van der Waals surface area contributed by atoms with Gasteiger partial charge in [-0.1, -0.05) is 11.6 Å². The second-order valence-corrected chi connectivity index (χ2v) is 10.00. The number of hydrogen-bond acceptors (Lipinski definition) is 6. The summed E-state index contributed by atoms with van der Waals surface area (Å²) in [5.74, 6) is 0.877. The van der Waals surface area contributed by atoms with Crippen molar-refractivity contribution in [2.24, 2.45) is 0 Å². The van der Waals surface area contributed by atoms with Crippen LogP contribution in [0, 0.1) is 0 Å². The zero-order valence-corrected chi connectivity index (χ0v) is 18.9. The molecular weight excluding hydrogens is 460 g/mol. The Morgan fingerprint density at radius 1 is 1.24 bits per heavy atom. The van der Waals surface area contributed by atoms with Crippen LogP contribution in [0.4, 0.5) is 10.6 Å². The van der Waals surface area contributed by atoms with Gasteiger partial charge in [0, 0.05) is 17.6 Å². The molecule has 5 rings (SSSR count). The van der Waals surface area contributed by atoms with Crippen LogP contribution in [0.2, 0.25) is 5.02 Å². The van der Waals surface area contributed by atoms with Crippen LogP contribution in [0.15, 0.2) is 10.8 Å². The van der Waals surface area contributed by atoms with Gasteiger partial charge in [-0.3, -0.25) is 0 Å². The Kier molecular flexibility index (Phi) is 4.46. The van der Waals surface area contributed by atoms with Crippen LogP contribution in [-0.2, 0) is 22.7 Å². The zero-order chi connectivity index (χ0) is 20.5. The number of likely N-dealkylation sites (tertiary alicyclic amines) is 1. The van der Waals surface area contributed by atoms with E-state index in [0.717, 1.165) is 45.3 Å². The Morgan fingerprint density at radius 2 is 2.00 bits per heavy atom. The van der Waals surface area contributed by atoms with Gasteiger partial charge >= 0.3 is 6.09 Å². The maximum atomic E-state index is 12.6. The number of piperazine rings is 1. The molecule has 3 aliphatic heterocycles. The summed E-state index contributed by atoms with van der Waals surface area (Å²) >= 11 is 10.2. The lowest BCUT2D eigenvalue weighted by atomic mass is 10.0.